The van der Waals surface area contributed by atoms with Crippen LogP contribution in [0, 0.1) is 0 Å². The minimum absolute atomic E-state index is 0.279. The molecule has 0 fully saturated rings. The Morgan fingerprint density at radius 3 is 2.94 bits per heavy atom. The lowest BCUT2D eigenvalue weighted by molar-refractivity contribution is -0.137. The zero-order valence-electron chi connectivity index (χ0n) is 9.65. The third kappa shape index (κ3) is 4.93. The molecule has 0 aliphatic carbocycles. The van der Waals surface area contributed by atoms with Gasteiger partial charge in [-0.2, -0.15) is 5.10 Å². The highest BCUT2D eigenvalue weighted by Crippen LogP contribution is 1.99. The average Bonchev–Trinajstić information content (AvgIpc) is 2.62. The second-order valence-corrected chi connectivity index (χ2v) is 3.83. The second kappa shape index (κ2) is 7.00. The Bertz CT molecular complexity index is 323. The molecule has 0 aliphatic heterocycles. The van der Waals surface area contributed by atoms with Crippen molar-refractivity contribution < 1.29 is 9.90 Å². The van der Waals surface area contributed by atoms with Crippen molar-refractivity contribution in [2.45, 2.75) is 32.2 Å². The zero-order valence-corrected chi connectivity index (χ0v) is 9.65. The third-order valence-electron chi connectivity index (χ3n) is 2.47. The number of aromatic nitrogens is 2. The van der Waals surface area contributed by atoms with Crippen molar-refractivity contribution in [3.8, 4) is 0 Å². The van der Waals surface area contributed by atoms with E-state index in [1.54, 1.807) is 6.20 Å². The molecule has 1 aromatic rings. The summed E-state index contributed by atoms with van der Waals surface area (Å²) < 4.78 is 1.84. The number of aliphatic carboxylic acids is 1. The molecule has 1 aromatic heterocycles. The summed E-state index contributed by atoms with van der Waals surface area (Å²) in [5.74, 6) is -0.706. The van der Waals surface area contributed by atoms with Crippen molar-refractivity contribution in [3.05, 3.63) is 18.0 Å². The van der Waals surface area contributed by atoms with Crippen molar-refractivity contribution in [1.29, 1.82) is 0 Å². The number of carboxylic acids is 1. The highest BCUT2D eigenvalue weighted by Gasteiger charge is 1.98. The summed E-state index contributed by atoms with van der Waals surface area (Å²) in [6, 6.07) is 1.98. The van der Waals surface area contributed by atoms with Crippen molar-refractivity contribution in [3.63, 3.8) is 0 Å². The minimum atomic E-state index is -0.706. The Hall–Kier alpha value is -1.36. The first-order chi connectivity index (χ1) is 7.70. The summed E-state index contributed by atoms with van der Waals surface area (Å²) in [6.07, 6.45) is 4.81. The normalized spacial score (nSPS) is 10.6. The molecule has 16 heavy (non-hydrogen) atoms. The fraction of sp³-hybridized carbons (Fsp3) is 0.636. The number of unbranched alkanes of at least 4 members (excludes halogenated alkanes) is 2. The number of rotatable bonds is 8. The van der Waals surface area contributed by atoms with Gasteiger partial charge in [-0.15, -0.1) is 0 Å². The predicted molar refractivity (Wildman–Crippen MR) is 61.0 cm³/mol. The van der Waals surface area contributed by atoms with Gasteiger partial charge in [0, 0.05) is 26.2 Å². The molecular formula is C11H19N3O2. The number of nitrogens with one attached hydrogen (secondary N) is 1. The van der Waals surface area contributed by atoms with Gasteiger partial charge in [0.15, 0.2) is 0 Å². The standard InChI is InChI=1S/C11H19N3O2/c1-14-10(6-8-13-14)9-12-7-4-2-3-5-11(15)16/h6,8,12H,2-5,7,9H2,1H3,(H,15,16). The SMILES string of the molecule is Cn1nccc1CNCCCCCC(=O)O. The van der Waals surface area contributed by atoms with E-state index < -0.39 is 5.97 Å². The molecule has 0 bridgehead atoms. The molecule has 1 heterocycles. The maximum atomic E-state index is 10.3. The van der Waals surface area contributed by atoms with Gasteiger partial charge in [-0.25, -0.2) is 0 Å². The Morgan fingerprint density at radius 2 is 2.31 bits per heavy atom. The van der Waals surface area contributed by atoms with E-state index in [1.165, 1.54) is 0 Å². The molecular weight excluding hydrogens is 206 g/mol. The number of carbonyl (C=O) groups is 1. The Morgan fingerprint density at radius 1 is 1.50 bits per heavy atom. The summed E-state index contributed by atoms with van der Waals surface area (Å²) in [7, 11) is 1.92. The van der Waals surface area contributed by atoms with Gasteiger partial charge in [0.25, 0.3) is 0 Å². The van der Waals surface area contributed by atoms with E-state index in [2.05, 4.69) is 10.4 Å². The van der Waals surface area contributed by atoms with Crippen LogP contribution in [-0.2, 0) is 18.4 Å². The van der Waals surface area contributed by atoms with E-state index in [-0.39, 0.29) is 6.42 Å². The van der Waals surface area contributed by atoms with E-state index in [1.807, 2.05) is 17.8 Å². The van der Waals surface area contributed by atoms with E-state index in [0.717, 1.165) is 38.0 Å². The molecule has 1 rings (SSSR count). The lowest BCUT2D eigenvalue weighted by Gasteiger charge is -2.04. The van der Waals surface area contributed by atoms with Gasteiger partial charge in [-0.1, -0.05) is 6.42 Å². The molecule has 0 unspecified atom stereocenters. The third-order valence-corrected chi connectivity index (χ3v) is 2.47. The van der Waals surface area contributed by atoms with Crippen LogP contribution in [0.2, 0.25) is 0 Å². The van der Waals surface area contributed by atoms with E-state index in [0.29, 0.717) is 0 Å². The van der Waals surface area contributed by atoms with Crippen molar-refractivity contribution in [1.82, 2.24) is 15.1 Å². The molecule has 0 amide bonds. The molecule has 0 atom stereocenters. The van der Waals surface area contributed by atoms with Gasteiger partial charge in [0.2, 0.25) is 0 Å². The summed E-state index contributed by atoms with van der Waals surface area (Å²) in [5, 5.41) is 15.8. The topological polar surface area (TPSA) is 67.2 Å². The van der Waals surface area contributed by atoms with E-state index in [9.17, 15) is 4.79 Å². The van der Waals surface area contributed by atoms with Gasteiger partial charge < -0.3 is 10.4 Å². The van der Waals surface area contributed by atoms with Crippen molar-refractivity contribution in [2.24, 2.45) is 7.05 Å². The fourth-order valence-electron chi connectivity index (χ4n) is 1.49. The lowest BCUT2D eigenvalue weighted by atomic mass is 10.2. The van der Waals surface area contributed by atoms with E-state index in [4.69, 9.17) is 5.11 Å². The Labute approximate surface area is 95.5 Å². The Balaban J connectivity index is 1.96. The molecule has 0 saturated heterocycles. The molecule has 90 valence electrons. The van der Waals surface area contributed by atoms with E-state index >= 15 is 0 Å². The minimum Gasteiger partial charge on any atom is -0.481 e. The molecule has 0 radical (unpaired) electrons. The van der Waals surface area contributed by atoms with Crippen LogP contribution in [0.25, 0.3) is 0 Å². The van der Waals surface area contributed by atoms with Gasteiger partial charge in [-0.05, 0) is 25.5 Å². The van der Waals surface area contributed by atoms with Gasteiger partial charge in [0.05, 0.1) is 5.69 Å². The average molecular weight is 225 g/mol. The first-order valence-corrected chi connectivity index (χ1v) is 5.59. The van der Waals surface area contributed by atoms with Crippen molar-refractivity contribution >= 4 is 5.97 Å². The van der Waals surface area contributed by atoms with Crippen LogP contribution in [0.1, 0.15) is 31.4 Å². The number of carboxylic acid groups (broad SMARTS) is 1. The number of aryl methyl sites for hydroxylation is 1. The van der Waals surface area contributed by atoms with Crippen LogP contribution in [0.4, 0.5) is 0 Å². The maximum Gasteiger partial charge on any atom is 0.303 e. The zero-order chi connectivity index (χ0) is 11.8. The van der Waals surface area contributed by atoms with Crippen LogP contribution in [-0.4, -0.2) is 27.4 Å². The predicted octanol–water partition coefficient (Wildman–Crippen LogP) is 1.15. The smallest absolute Gasteiger partial charge is 0.303 e. The molecule has 5 nitrogen and oxygen atoms in total. The highest BCUT2D eigenvalue weighted by molar-refractivity contribution is 5.66. The molecule has 2 N–H and O–H groups in total. The first kappa shape index (κ1) is 12.7. The van der Waals surface area contributed by atoms with Gasteiger partial charge in [0.1, 0.15) is 0 Å². The van der Waals surface area contributed by atoms with Crippen LogP contribution in [0.15, 0.2) is 12.3 Å². The van der Waals surface area contributed by atoms with Crippen LogP contribution in [0.3, 0.4) is 0 Å². The fourth-order valence-corrected chi connectivity index (χ4v) is 1.49. The maximum absolute atomic E-state index is 10.3. The number of nitrogens with zero attached hydrogens (tertiary/aromatic N) is 2. The Kier molecular flexibility index (Phi) is 5.56. The summed E-state index contributed by atoms with van der Waals surface area (Å²) in [4.78, 5) is 10.3. The van der Waals surface area contributed by atoms with Gasteiger partial charge >= 0.3 is 5.97 Å². The van der Waals surface area contributed by atoms with Crippen LogP contribution in [0.5, 0.6) is 0 Å². The molecule has 0 aliphatic rings. The quantitative estimate of drug-likeness (QED) is 0.651. The lowest BCUT2D eigenvalue weighted by Crippen LogP contribution is -2.16. The highest BCUT2D eigenvalue weighted by atomic mass is 16.4. The summed E-state index contributed by atoms with van der Waals surface area (Å²) in [5.41, 5.74) is 1.16. The summed E-state index contributed by atoms with van der Waals surface area (Å²) in [6.45, 7) is 1.74. The largest absolute Gasteiger partial charge is 0.481 e. The molecule has 0 spiro atoms. The first-order valence-electron chi connectivity index (χ1n) is 5.59. The summed E-state index contributed by atoms with van der Waals surface area (Å²) >= 11 is 0. The molecule has 0 aromatic carbocycles. The van der Waals surface area contributed by atoms with Crippen LogP contribution >= 0.6 is 0 Å². The second-order valence-electron chi connectivity index (χ2n) is 3.83. The monoisotopic (exact) mass is 225 g/mol. The molecule has 0 saturated carbocycles. The van der Waals surface area contributed by atoms with Crippen molar-refractivity contribution in [2.75, 3.05) is 6.54 Å². The molecule has 5 heteroatoms. The number of hydrogen-bond donors (Lipinski definition) is 2. The number of hydrogen-bond acceptors (Lipinski definition) is 3. The van der Waals surface area contributed by atoms with Crippen LogP contribution < -0.4 is 5.32 Å². The van der Waals surface area contributed by atoms with Gasteiger partial charge in [-0.3, -0.25) is 9.48 Å².